The Hall–Kier alpha value is -1.87. The number of hydrogen-bond acceptors (Lipinski definition) is 3. The molecule has 0 unspecified atom stereocenters. The highest BCUT2D eigenvalue weighted by Gasteiger charge is 2.14. The predicted molar refractivity (Wildman–Crippen MR) is 71.2 cm³/mol. The first-order chi connectivity index (χ1) is 8.26. The van der Waals surface area contributed by atoms with E-state index in [4.69, 9.17) is 4.74 Å². The summed E-state index contributed by atoms with van der Waals surface area (Å²) in [5.74, 6) is -0.289. The second kappa shape index (κ2) is 4.97. The lowest BCUT2D eigenvalue weighted by Crippen LogP contribution is -1.99. The molecule has 1 heterocycles. The number of methoxy groups -OCH3 is 1. The molecule has 0 bridgehead atoms. The van der Waals surface area contributed by atoms with Crippen LogP contribution in [-0.4, -0.2) is 13.1 Å². The molecule has 0 aliphatic carbocycles. The Morgan fingerprint density at radius 3 is 2.59 bits per heavy atom. The van der Waals surface area contributed by atoms with Crippen molar-refractivity contribution < 1.29 is 9.53 Å². The van der Waals surface area contributed by atoms with Crippen LogP contribution >= 0.6 is 11.3 Å². The fourth-order valence-corrected chi connectivity index (χ4v) is 2.42. The molecule has 86 valence electrons. The second-order valence-corrected chi connectivity index (χ2v) is 4.40. The number of hydrogen-bond donors (Lipinski definition) is 0. The minimum atomic E-state index is -0.289. The Morgan fingerprint density at radius 2 is 2.00 bits per heavy atom. The van der Waals surface area contributed by atoms with Crippen molar-refractivity contribution in [3.63, 3.8) is 0 Å². The van der Waals surface area contributed by atoms with Crippen molar-refractivity contribution in [3.8, 4) is 11.1 Å². The van der Waals surface area contributed by atoms with Crippen LogP contribution < -0.4 is 0 Å². The fourth-order valence-electron chi connectivity index (χ4n) is 1.59. The van der Waals surface area contributed by atoms with Gasteiger partial charge in [0.25, 0.3) is 0 Å². The molecule has 0 saturated heterocycles. The monoisotopic (exact) mass is 244 g/mol. The number of carbonyl (C=O) groups excluding carboxylic acids is 1. The third-order valence-electron chi connectivity index (χ3n) is 2.49. The van der Waals surface area contributed by atoms with E-state index < -0.39 is 0 Å². The third-order valence-corrected chi connectivity index (χ3v) is 3.39. The number of benzene rings is 1. The van der Waals surface area contributed by atoms with E-state index in [1.54, 1.807) is 6.08 Å². The van der Waals surface area contributed by atoms with Crippen molar-refractivity contribution in [1.82, 2.24) is 0 Å². The molecule has 0 radical (unpaired) electrons. The van der Waals surface area contributed by atoms with Gasteiger partial charge in [-0.1, -0.05) is 36.9 Å². The molecule has 2 rings (SSSR count). The Kier molecular flexibility index (Phi) is 3.40. The zero-order valence-electron chi connectivity index (χ0n) is 9.47. The summed E-state index contributed by atoms with van der Waals surface area (Å²) in [5, 5.41) is 1.89. The lowest BCUT2D eigenvalue weighted by molar-refractivity contribution is 0.0607. The van der Waals surface area contributed by atoms with Crippen LogP contribution in [0.15, 0.2) is 42.3 Å². The number of thiophene rings is 1. The van der Waals surface area contributed by atoms with Crippen LogP contribution in [0, 0.1) is 0 Å². The van der Waals surface area contributed by atoms with E-state index in [-0.39, 0.29) is 5.97 Å². The maximum absolute atomic E-state index is 11.6. The average Bonchev–Trinajstić information content (AvgIpc) is 2.87. The van der Waals surface area contributed by atoms with Gasteiger partial charge < -0.3 is 4.74 Å². The van der Waals surface area contributed by atoms with Gasteiger partial charge in [0.1, 0.15) is 4.88 Å². The van der Waals surface area contributed by atoms with Crippen molar-refractivity contribution in [2.24, 2.45) is 0 Å². The number of rotatable bonds is 3. The molecular weight excluding hydrogens is 232 g/mol. The second-order valence-electron chi connectivity index (χ2n) is 3.48. The maximum Gasteiger partial charge on any atom is 0.348 e. The summed E-state index contributed by atoms with van der Waals surface area (Å²) in [7, 11) is 1.40. The largest absolute Gasteiger partial charge is 0.465 e. The van der Waals surface area contributed by atoms with Crippen LogP contribution in [0.5, 0.6) is 0 Å². The standard InChI is InChI=1S/C14H12O2S/c1-3-10-4-6-11(7-5-10)12-8-9-17-13(12)14(15)16-2/h3-9H,1H2,2H3. The molecule has 0 N–H and O–H groups in total. The van der Waals surface area contributed by atoms with Gasteiger partial charge in [0.15, 0.2) is 0 Å². The Bertz CT molecular complexity index is 538. The Labute approximate surface area is 104 Å². The summed E-state index contributed by atoms with van der Waals surface area (Å²) < 4.78 is 4.76. The highest BCUT2D eigenvalue weighted by atomic mass is 32.1. The lowest BCUT2D eigenvalue weighted by atomic mass is 10.0. The summed E-state index contributed by atoms with van der Waals surface area (Å²) in [5.41, 5.74) is 2.98. The molecule has 0 saturated carbocycles. The van der Waals surface area contributed by atoms with Crippen LogP contribution in [0.3, 0.4) is 0 Å². The van der Waals surface area contributed by atoms with Gasteiger partial charge in [-0.15, -0.1) is 11.3 Å². The highest BCUT2D eigenvalue weighted by molar-refractivity contribution is 7.12. The highest BCUT2D eigenvalue weighted by Crippen LogP contribution is 2.29. The minimum Gasteiger partial charge on any atom is -0.465 e. The molecule has 0 fully saturated rings. The van der Waals surface area contributed by atoms with E-state index >= 15 is 0 Å². The molecule has 17 heavy (non-hydrogen) atoms. The van der Waals surface area contributed by atoms with E-state index in [0.29, 0.717) is 4.88 Å². The third kappa shape index (κ3) is 2.29. The van der Waals surface area contributed by atoms with Crippen molar-refractivity contribution in [3.05, 3.63) is 52.7 Å². The molecule has 3 heteroatoms. The molecule has 0 amide bonds. The van der Waals surface area contributed by atoms with Crippen LogP contribution in [0.1, 0.15) is 15.2 Å². The van der Waals surface area contributed by atoms with E-state index in [2.05, 4.69) is 6.58 Å². The van der Waals surface area contributed by atoms with E-state index in [1.165, 1.54) is 18.4 Å². The maximum atomic E-state index is 11.6. The fraction of sp³-hybridized carbons (Fsp3) is 0.0714. The predicted octanol–water partition coefficient (Wildman–Crippen LogP) is 3.84. The van der Waals surface area contributed by atoms with Crippen LogP contribution in [-0.2, 0) is 4.74 Å². The molecule has 1 aromatic carbocycles. The number of carbonyl (C=O) groups is 1. The molecule has 0 atom stereocenters. The Morgan fingerprint density at radius 1 is 1.29 bits per heavy atom. The van der Waals surface area contributed by atoms with Gasteiger partial charge in [-0.05, 0) is 22.6 Å². The smallest absolute Gasteiger partial charge is 0.348 e. The van der Waals surface area contributed by atoms with Gasteiger partial charge in [-0.2, -0.15) is 0 Å². The first kappa shape index (κ1) is 11.6. The molecule has 0 aliphatic heterocycles. The zero-order chi connectivity index (χ0) is 12.3. The normalized spacial score (nSPS) is 9.94. The molecular formula is C14H12O2S. The van der Waals surface area contributed by atoms with Crippen molar-refractivity contribution in [1.29, 1.82) is 0 Å². The topological polar surface area (TPSA) is 26.3 Å². The number of ether oxygens (including phenoxy) is 1. The van der Waals surface area contributed by atoms with Crippen molar-refractivity contribution in [2.75, 3.05) is 7.11 Å². The molecule has 2 aromatic rings. The van der Waals surface area contributed by atoms with E-state index in [1.807, 2.05) is 35.7 Å². The summed E-state index contributed by atoms with van der Waals surface area (Å²) in [6, 6.07) is 9.83. The molecule has 1 aromatic heterocycles. The summed E-state index contributed by atoms with van der Waals surface area (Å²) in [6.45, 7) is 3.71. The van der Waals surface area contributed by atoms with Gasteiger partial charge in [0.2, 0.25) is 0 Å². The van der Waals surface area contributed by atoms with E-state index in [9.17, 15) is 4.79 Å². The van der Waals surface area contributed by atoms with Gasteiger partial charge >= 0.3 is 5.97 Å². The molecule has 2 nitrogen and oxygen atoms in total. The SMILES string of the molecule is C=Cc1ccc(-c2ccsc2C(=O)OC)cc1. The van der Waals surface area contributed by atoms with Gasteiger partial charge in [0, 0.05) is 5.56 Å². The molecule has 0 spiro atoms. The van der Waals surface area contributed by atoms with Crippen molar-refractivity contribution >= 4 is 23.4 Å². The van der Waals surface area contributed by atoms with Gasteiger partial charge in [0.05, 0.1) is 7.11 Å². The lowest BCUT2D eigenvalue weighted by Gasteiger charge is -2.03. The summed E-state index contributed by atoms with van der Waals surface area (Å²) in [4.78, 5) is 12.2. The first-order valence-electron chi connectivity index (χ1n) is 5.15. The quantitative estimate of drug-likeness (QED) is 0.767. The van der Waals surface area contributed by atoms with E-state index in [0.717, 1.165) is 16.7 Å². The van der Waals surface area contributed by atoms with Gasteiger partial charge in [-0.25, -0.2) is 4.79 Å². The van der Waals surface area contributed by atoms with Crippen LogP contribution in [0.25, 0.3) is 17.2 Å². The average molecular weight is 244 g/mol. The minimum absolute atomic E-state index is 0.289. The van der Waals surface area contributed by atoms with Crippen LogP contribution in [0.2, 0.25) is 0 Å². The molecule has 0 aliphatic rings. The first-order valence-corrected chi connectivity index (χ1v) is 6.03. The summed E-state index contributed by atoms with van der Waals surface area (Å²) >= 11 is 1.39. The number of esters is 1. The Balaban J connectivity index is 2.42. The van der Waals surface area contributed by atoms with Crippen molar-refractivity contribution in [2.45, 2.75) is 0 Å². The van der Waals surface area contributed by atoms with Gasteiger partial charge in [-0.3, -0.25) is 0 Å². The summed E-state index contributed by atoms with van der Waals surface area (Å²) in [6.07, 6.45) is 1.79. The zero-order valence-corrected chi connectivity index (χ0v) is 10.3. The van der Waals surface area contributed by atoms with Crippen LogP contribution in [0.4, 0.5) is 0 Å².